The van der Waals surface area contributed by atoms with Crippen molar-refractivity contribution in [1.29, 1.82) is 0 Å². The summed E-state index contributed by atoms with van der Waals surface area (Å²) in [7, 11) is 1.86. The number of hydrogen-bond acceptors (Lipinski definition) is 5. The first kappa shape index (κ1) is 20.1. The molecule has 1 saturated carbocycles. The molecule has 1 amide bonds. The van der Waals surface area contributed by atoms with Crippen LogP contribution in [0, 0.1) is 24.6 Å². The molecule has 3 heterocycles. The summed E-state index contributed by atoms with van der Waals surface area (Å²) in [6.07, 6.45) is 8.54. The van der Waals surface area contributed by atoms with Crippen LogP contribution in [-0.4, -0.2) is 25.7 Å². The van der Waals surface area contributed by atoms with E-state index in [4.69, 9.17) is 5.73 Å². The van der Waals surface area contributed by atoms with Crippen molar-refractivity contribution < 1.29 is 9.18 Å². The molecule has 0 bridgehead atoms. The second kappa shape index (κ2) is 7.40. The van der Waals surface area contributed by atoms with E-state index in [0.717, 1.165) is 11.1 Å². The van der Waals surface area contributed by atoms with E-state index in [2.05, 4.69) is 27.3 Å². The van der Waals surface area contributed by atoms with Crippen molar-refractivity contribution in [2.45, 2.75) is 19.8 Å². The van der Waals surface area contributed by atoms with Crippen LogP contribution in [0.1, 0.15) is 24.0 Å². The van der Waals surface area contributed by atoms with Gasteiger partial charge in [0.2, 0.25) is 5.91 Å². The number of halogens is 1. The molecule has 1 fully saturated rings. The Morgan fingerprint density at radius 2 is 2.03 bits per heavy atom. The first-order valence-electron chi connectivity index (χ1n) is 10.4. The molecule has 1 aliphatic carbocycles. The third-order valence-corrected chi connectivity index (χ3v) is 6.37. The van der Waals surface area contributed by atoms with E-state index < -0.39 is 5.82 Å². The molecule has 0 radical (unpaired) electrons. The maximum absolute atomic E-state index is 15.0. The van der Waals surface area contributed by atoms with Gasteiger partial charge in [0, 0.05) is 60.2 Å². The van der Waals surface area contributed by atoms with Crippen molar-refractivity contribution in [2.24, 2.45) is 18.9 Å². The molecule has 1 aliphatic rings. The van der Waals surface area contributed by atoms with Gasteiger partial charge in [-0.25, -0.2) is 9.37 Å². The van der Waals surface area contributed by atoms with Gasteiger partial charge in [-0.15, -0.1) is 0 Å². The maximum Gasteiger partial charge on any atom is 0.229 e. The molecule has 3 aromatic heterocycles. The second-order valence-electron chi connectivity index (χ2n) is 8.48. The third-order valence-electron chi connectivity index (χ3n) is 6.37. The van der Waals surface area contributed by atoms with Gasteiger partial charge in [0.1, 0.15) is 5.82 Å². The highest BCUT2D eigenvalue weighted by Crippen LogP contribution is 2.54. The average Bonchev–Trinajstić information content (AvgIpc) is 3.25. The number of rotatable bonds is 4. The van der Waals surface area contributed by atoms with Gasteiger partial charge in [0.15, 0.2) is 5.82 Å². The summed E-state index contributed by atoms with van der Waals surface area (Å²) in [5, 5.41) is 8.31. The van der Waals surface area contributed by atoms with Crippen molar-refractivity contribution in [1.82, 2.24) is 19.7 Å². The van der Waals surface area contributed by atoms with Crippen LogP contribution in [0.5, 0.6) is 0 Å². The van der Waals surface area contributed by atoms with Gasteiger partial charge in [-0.05, 0) is 47.6 Å². The summed E-state index contributed by atoms with van der Waals surface area (Å²) in [5.74, 6) is 0.0588. The summed E-state index contributed by atoms with van der Waals surface area (Å²) in [5.41, 5.74) is 9.11. The Morgan fingerprint density at radius 3 is 2.75 bits per heavy atom. The fourth-order valence-corrected chi connectivity index (χ4v) is 4.51. The van der Waals surface area contributed by atoms with Crippen LogP contribution in [0.2, 0.25) is 0 Å². The fraction of sp³-hybridized carbons (Fsp3) is 0.250. The zero-order valence-corrected chi connectivity index (χ0v) is 18.0. The number of amides is 1. The fourth-order valence-electron chi connectivity index (χ4n) is 4.51. The number of nitrogens with zero attached hydrogens (tertiary/aromatic N) is 4. The Balaban J connectivity index is 1.45. The van der Waals surface area contributed by atoms with E-state index >= 15 is 4.39 Å². The molecule has 5 rings (SSSR count). The number of carbonyl (C=O) groups is 1. The highest BCUT2D eigenvalue weighted by atomic mass is 19.1. The van der Waals surface area contributed by atoms with E-state index in [0.29, 0.717) is 27.7 Å². The predicted molar refractivity (Wildman–Crippen MR) is 121 cm³/mol. The summed E-state index contributed by atoms with van der Waals surface area (Å²) >= 11 is 0. The SMILES string of the molecule is Cc1ccncc1-c1cc2cc(NC(=O)[C@H]3[C@@H](C)[C@@H]3c3cnn(C)c3)ncc2c(N)c1F. The first-order valence-corrected chi connectivity index (χ1v) is 10.4. The molecule has 0 spiro atoms. The summed E-state index contributed by atoms with van der Waals surface area (Å²) in [6.45, 7) is 3.95. The molecule has 0 unspecified atom stereocenters. The Hall–Kier alpha value is -3.81. The molecule has 4 aromatic rings. The minimum Gasteiger partial charge on any atom is -0.396 e. The van der Waals surface area contributed by atoms with Crippen LogP contribution in [0.4, 0.5) is 15.9 Å². The van der Waals surface area contributed by atoms with Gasteiger partial charge >= 0.3 is 0 Å². The van der Waals surface area contributed by atoms with Gasteiger partial charge in [-0.2, -0.15) is 5.10 Å². The lowest BCUT2D eigenvalue weighted by Gasteiger charge is -2.12. The Labute approximate surface area is 184 Å². The highest BCUT2D eigenvalue weighted by molar-refractivity contribution is 6.00. The Morgan fingerprint density at radius 1 is 1.22 bits per heavy atom. The molecule has 7 nitrogen and oxygen atoms in total. The number of nitrogens with one attached hydrogen (secondary N) is 1. The topological polar surface area (TPSA) is 98.7 Å². The Kier molecular flexibility index (Phi) is 4.65. The van der Waals surface area contributed by atoms with Crippen LogP contribution in [0.25, 0.3) is 21.9 Å². The second-order valence-corrected chi connectivity index (χ2v) is 8.48. The van der Waals surface area contributed by atoms with Crippen molar-refractivity contribution in [2.75, 3.05) is 11.1 Å². The lowest BCUT2D eigenvalue weighted by molar-refractivity contribution is -0.117. The molecule has 32 heavy (non-hydrogen) atoms. The molecular weight excluding hydrogens is 407 g/mol. The van der Waals surface area contributed by atoms with Crippen LogP contribution in [0.3, 0.4) is 0 Å². The number of fused-ring (bicyclic) bond motifs is 1. The summed E-state index contributed by atoms with van der Waals surface area (Å²) in [4.78, 5) is 21.3. The maximum atomic E-state index is 15.0. The van der Waals surface area contributed by atoms with Crippen LogP contribution in [0.15, 0.2) is 49.2 Å². The number of anilines is 2. The zero-order chi connectivity index (χ0) is 22.6. The summed E-state index contributed by atoms with van der Waals surface area (Å²) < 4.78 is 16.8. The number of aromatic nitrogens is 4. The molecule has 3 atom stereocenters. The Bertz CT molecular complexity index is 1360. The van der Waals surface area contributed by atoms with Crippen LogP contribution in [-0.2, 0) is 11.8 Å². The molecule has 1 aromatic carbocycles. The summed E-state index contributed by atoms with van der Waals surface area (Å²) in [6, 6.07) is 5.27. The highest BCUT2D eigenvalue weighted by Gasteiger charge is 2.52. The zero-order valence-electron chi connectivity index (χ0n) is 18.0. The molecule has 0 aliphatic heterocycles. The third kappa shape index (κ3) is 3.28. The van der Waals surface area contributed by atoms with Crippen molar-refractivity contribution in [3.05, 3.63) is 66.1 Å². The van der Waals surface area contributed by atoms with E-state index in [1.807, 2.05) is 32.4 Å². The van der Waals surface area contributed by atoms with Gasteiger partial charge in [-0.3, -0.25) is 14.5 Å². The van der Waals surface area contributed by atoms with E-state index in [1.165, 1.54) is 6.20 Å². The minimum atomic E-state index is -0.502. The number of pyridine rings is 2. The number of benzene rings is 1. The monoisotopic (exact) mass is 430 g/mol. The normalized spacial score (nSPS) is 19.8. The minimum absolute atomic E-state index is 0.0265. The smallest absolute Gasteiger partial charge is 0.229 e. The molecule has 162 valence electrons. The quantitative estimate of drug-likeness (QED) is 0.476. The number of nitrogens with two attached hydrogens (primary N) is 1. The van der Waals surface area contributed by atoms with Gasteiger partial charge < -0.3 is 11.1 Å². The van der Waals surface area contributed by atoms with E-state index in [-0.39, 0.29) is 29.3 Å². The lowest BCUT2D eigenvalue weighted by Crippen LogP contribution is -2.16. The molecule has 0 saturated heterocycles. The lowest BCUT2D eigenvalue weighted by atomic mass is 9.98. The number of hydrogen-bond donors (Lipinski definition) is 2. The van der Waals surface area contributed by atoms with Crippen molar-refractivity contribution in [3.63, 3.8) is 0 Å². The standard InChI is InChI=1S/C24H23FN6O/c1-12-4-5-27-9-17(12)16-6-14-7-19(28-10-18(14)23(26)22(16)25)30-24(32)21-13(2)20(21)15-8-29-31(3)11-15/h4-11,13,20-21H,26H2,1-3H3,(H,28,30,32)/t13-,20+,21-/m0/s1. The van der Waals surface area contributed by atoms with Crippen LogP contribution < -0.4 is 11.1 Å². The van der Waals surface area contributed by atoms with E-state index in [9.17, 15) is 4.79 Å². The van der Waals surface area contributed by atoms with E-state index in [1.54, 1.807) is 29.2 Å². The first-order chi connectivity index (χ1) is 15.3. The average molecular weight is 430 g/mol. The van der Waals surface area contributed by atoms with Gasteiger partial charge in [0.25, 0.3) is 0 Å². The van der Waals surface area contributed by atoms with Gasteiger partial charge in [-0.1, -0.05) is 6.92 Å². The van der Waals surface area contributed by atoms with Gasteiger partial charge in [0.05, 0.1) is 11.9 Å². The molecule has 3 N–H and O–H groups in total. The number of carbonyl (C=O) groups excluding carboxylic acids is 1. The largest absolute Gasteiger partial charge is 0.396 e. The number of aryl methyl sites for hydroxylation is 2. The molecule has 8 heteroatoms. The van der Waals surface area contributed by atoms with Crippen LogP contribution >= 0.6 is 0 Å². The van der Waals surface area contributed by atoms with Crippen molar-refractivity contribution in [3.8, 4) is 11.1 Å². The molecular formula is C24H23FN6O. The number of nitrogen functional groups attached to an aromatic ring is 1. The van der Waals surface area contributed by atoms with Crippen molar-refractivity contribution >= 4 is 28.2 Å². The predicted octanol–water partition coefficient (Wildman–Crippen LogP) is 4.05.